The Balaban J connectivity index is 1.63. The van der Waals surface area contributed by atoms with Crippen molar-refractivity contribution in [1.29, 1.82) is 5.41 Å². The molecular weight excluding hydrogens is 619 g/mol. The van der Waals surface area contributed by atoms with E-state index in [9.17, 15) is 5.53 Å². The van der Waals surface area contributed by atoms with Crippen LogP contribution in [0.3, 0.4) is 0 Å². The highest BCUT2D eigenvalue weighted by Gasteiger charge is 2.50. The predicted molar refractivity (Wildman–Crippen MR) is 163 cm³/mol. The third kappa shape index (κ3) is 9.72. The Hall–Kier alpha value is -3.05. The summed E-state index contributed by atoms with van der Waals surface area (Å²) in [5, 5.41) is 12.1. The van der Waals surface area contributed by atoms with Crippen LogP contribution in [0.4, 0.5) is 0 Å². The Morgan fingerprint density at radius 2 is 1.42 bits per heavy atom. The Morgan fingerprint density at radius 1 is 0.860 bits per heavy atom. The molecule has 1 N–H and O–H groups in total. The summed E-state index contributed by atoms with van der Waals surface area (Å²) in [5.41, 5.74) is 12.2. The minimum atomic E-state index is -2.17. The number of halogens is 3. The first-order valence-electron chi connectivity index (χ1n) is 13.3. The molecule has 43 heavy (non-hydrogen) atoms. The summed E-state index contributed by atoms with van der Waals surface area (Å²) in [6.07, 6.45) is -3.83. The van der Waals surface area contributed by atoms with E-state index in [0.717, 1.165) is 16.7 Å². The number of ether oxygens (including phenoxy) is 6. The molecule has 0 aliphatic carbocycles. The molecule has 3 aromatic rings. The molecule has 1 fully saturated rings. The number of rotatable bonds is 13. The Labute approximate surface area is 264 Å². The molecule has 5 atom stereocenters. The highest BCUT2D eigenvalue weighted by molar-refractivity contribution is 6.76. The highest BCUT2D eigenvalue weighted by Crippen LogP contribution is 2.34. The van der Waals surface area contributed by atoms with Crippen LogP contribution in [0.15, 0.2) is 90.0 Å². The lowest BCUT2D eigenvalue weighted by molar-refractivity contribution is -0.269. The van der Waals surface area contributed by atoms with Crippen molar-refractivity contribution in [3.05, 3.63) is 112 Å². The summed E-state index contributed by atoms with van der Waals surface area (Å²) in [5.74, 6) is 0.00447. The highest BCUT2D eigenvalue weighted by atomic mass is 35.6. The van der Waals surface area contributed by atoms with Gasteiger partial charge in [0, 0.05) is 4.91 Å². The van der Waals surface area contributed by atoms with E-state index < -0.39 is 40.3 Å². The van der Waals surface area contributed by atoms with Gasteiger partial charge in [0.15, 0.2) is 0 Å². The van der Waals surface area contributed by atoms with E-state index in [4.69, 9.17) is 68.6 Å². The monoisotopic (exact) mass is 648 g/mol. The van der Waals surface area contributed by atoms with Gasteiger partial charge in [-0.3, -0.25) is 5.41 Å². The summed E-state index contributed by atoms with van der Waals surface area (Å²) in [6, 6.07) is 25.4. The zero-order valence-electron chi connectivity index (χ0n) is 23.2. The van der Waals surface area contributed by atoms with Crippen molar-refractivity contribution in [2.24, 2.45) is 5.11 Å². The van der Waals surface area contributed by atoms with Crippen LogP contribution in [-0.2, 0) is 43.5 Å². The van der Waals surface area contributed by atoms with Crippen LogP contribution in [0.1, 0.15) is 16.7 Å². The van der Waals surface area contributed by atoms with Crippen LogP contribution < -0.4 is 4.74 Å². The molecule has 1 heterocycles. The first-order chi connectivity index (χ1) is 20.8. The average molecular weight is 650 g/mol. The topological polar surface area (TPSA) is 128 Å². The molecule has 0 saturated carbocycles. The van der Waals surface area contributed by atoms with Crippen LogP contribution in [0.2, 0.25) is 0 Å². The molecule has 0 radical (unpaired) electrons. The summed E-state index contributed by atoms with van der Waals surface area (Å²) in [6.45, 7) is 0.697. The van der Waals surface area contributed by atoms with Gasteiger partial charge in [0.25, 0.3) is 3.79 Å². The van der Waals surface area contributed by atoms with Crippen molar-refractivity contribution < 1.29 is 28.4 Å². The van der Waals surface area contributed by atoms with Gasteiger partial charge in [-0.2, -0.15) is 0 Å². The maximum Gasteiger partial charge on any atom is 0.265 e. The standard InChI is InChI=1S/C30H31Cl3N4O6/c1-38-23-14-12-22(13-15-23)18-40-26-24(19-39-16-20-8-4-2-5-9-20)42-28(43-29(34)30(31,32)33)25(36-37-35)27(26)41-17-21-10-6-3-7-11-21/h2-15,24-28,34H,16-19H2,1H3/t24-,25-,26-,27-,28-/m1/s1. The predicted octanol–water partition coefficient (Wildman–Crippen LogP) is 7.15. The van der Waals surface area contributed by atoms with Crippen LogP contribution in [0, 0.1) is 5.41 Å². The van der Waals surface area contributed by atoms with Crippen molar-refractivity contribution in [2.45, 2.75) is 54.3 Å². The van der Waals surface area contributed by atoms with E-state index in [1.807, 2.05) is 84.9 Å². The summed E-state index contributed by atoms with van der Waals surface area (Å²) < 4.78 is 33.7. The number of benzene rings is 3. The van der Waals surface area contributed by atoms with Gasteiger partial charge in [0.2, 0.25) is 12.2 Å². The zero-order chi connectivity index (χ0) is 30.7. The number of hydrogen-bond donors (Lipinski definition) is 1. The van der Waals surface area contributed by atoms with Crippen LogP contribution >= 0.6 is 34.8 Å². The number of alkyl halides is 3. The summed E-state index contributed by atoms with van der Waals surface area (Å²) in [7, 11) is 1.59. The molecule has 0 amide bonds. The lowest BCUT2D eigenvalue weighted by Gasteiger charge is -2.44. The fourth-order valence-electron chi connectivity index (χ4n) is 4.43. The van der Waals surface area contributed by atoms with Gasteiger partial charge in [-0.1, -0.05) is 113 Å². The van der Waals surface area contributed by atoms with Crippen molar-refractivity contribution in [3.63, 3.8) is 0 Å². The van der Waals surface area contributed by atoms with Crippen molar-refractivity contribution >= 4 is 40.7 Å². The second kappa shape index (κ2) is 16.1. The van der Waals surface area contributed by atoms with Gasteiger partial charge in [-0.05, 0) is 34.4 Å². The lowest BCUT2D eigenvalue weighted by Crippen LogP contribution is -2.61. The molecule has 10 nitrogen and oxygen atoms in total. The molecule has 1 saturated heterocycles. The molecule has 4 rings (SSSR count). The van der Waals surface area contributed by atoms with Gasteiger partial charge < -0.3 is 28.4 Å². The third-order valence-electron chi connectivity index (χ3n) is 6.57. The van der Waals surface area contributed by atoms with Crippen LogP contribution in [0.5, 0.6) is 5.75 Å². The van der Waals surface area contributed by atoms with Gasteiger partial charge in [-0.15, -0.1) is 0 Å². The maximum absolute atomic E-state index is 9.49. The zero-order valence-corrected chi connectivity index (χ0v) is 25.5. The fourth-order valence-corrected chi connectivity index (χ4v) is 4.56. The van der Waals surface area contributed by atoms with E-state index >= 15 is 0 Å². The van der Waals surface area contributed by atoms with E-state index in [2.05, 4.69) is 10.0 Å². The molecular formula is C30H31Cl3N4O6. The molecule has 1 aliphatic rings. The quantitative estimate of drug-likeness (QED) is 0.0523. The molecule has 0 unspecified atom stereocenters. The van der Waals surface area contributed by atoms with Crippen LogP contribution in [0.25, 0.3) is 10.4 Å². The number of nitrogens with zero attached hydrogens (tertiary/aromatic N) is 3. The largest absolute Gasteiger partial charge is 0.497 e. The van der Waals surface area contributed by atoms with Crippen molar-refractivity contribution in [3.8, 4) is 5.75 Å². The smallest absolute Gasteiger partial charge is 0.265 e. The second-order valence-electron chi connectivity index (χ2n) is 9.57. The molecule has 3 aromatic carbocycles. The minimum Gasteiger partial charge on any atom is -0.497 e. The fraction of sp³-hybridized carbons (Fsp3) is 0.367. The SMILES string of the molecule is COc1ccc(CO[C@H]2[C@H](OCc3ccccc3)[C@@H](N=[N+]=[N-])[C@@H](OC(=N)C(Cl)(Cl)Cl)O[C@@H]2COCc2ccccc2)cc1. The molecule has 0 spiro atoms. The van der Waals surface area contributed by atoms with Crippen molar-refractivity contribution in [2.75, 3.05) is 13.7 Å². The molecule has 0 bridgehead atoms. The molecule has 1 aliphatic heterocycles. The first-order valence-corrected chi connectivity index (χ1v) is 14.5. The van der Waals surface area contributed by atoms with E-state index in [-0.39, 0.29) is 19.8 Å². The number of methoxy groups -OCH3 is 1. The Morgan fingerprint density at radius 3 is 1.98 bits per heavy atom. The van der Waals surface area contributed by atoms with Crippen molar-refractivity contribution in [1.82, 2.24) is 0 Å². The summed E-state index contributed by atoms with van der Waals surface area (Å²) >= 11 is 17.7. The first kappa shape index (κ1) is 32.9. The third-order valence-corrected chi connectivity index (χ3v) is 7.09. The van der Waals surface area contributed by atoms with E-state index in [1.165, 1.54) is 0 Å². The van der Waals surface area contributed by atoms with Gasteiger partial charge in [-0.25, -0.2) is 0 Å². The van der Waals surface area contributed by atoms with Crippen LogP contribution in [-0.4, -0.2) is 54.1 Å². The van der Waals surface area contributed by atoms with Gasteiger partial charge in [0.05, 0.1) is 33.5 Å². The van der Waals surface area contributed by atoms with Gasteiger partial charge >= 0.3 is 0 Å². The molecule has 13 heteroatoms. The van der Waals surface area contributed by atoms with E-state index in [1.54, 1.807) is 7.11 Å². The maximum atomic E-state index is 9.49. The summed E-state index contributed by atoms with van der Waals surface area (Å²) in [4.78, 5) is 3.00. The number of nitrogens with one attached hydrogen (secondary N) is 1. The average Bonchev–Trinajstić information content (AvgIpc) is 3.01. The molecule has 228 valence electrons. The Bertz CT molecular complexity index is 1340. The number of azide groups is 1. The number of hydrogen-bond acceptors (Lipinski definition) is 8. The molecule has 0 aromatic heterocycles. The minimum absolute atomic E-state index is 0.0529. The Kier molecular flexibility index (Phi) is 12.3. The van der Waals surface area contributed by atoms with E-state index in [0.29, 0.717) is 12.4 Å². The lowest BCUT2D eigenvalue weighted by atomic mass is 9.96. The van der Waals surface area contributed by atoms with Gasteiger partial charge in [0.1, 0.15) is 30.1 Å². The second-order valence-corrected chi connectivity index (χ2v) is 11.9. The normalized spacial score (nSPS) is 21.9.